The van der Waals surface area contributed by atoms with Gasteiger partial charge in [0.05, 0.1) is 17.8 Å². The van der Waals surface area contributed by atoms with E-state index in [1.54, 1.807) is 0 Å². The second kappa shape index (κ2) is 3.99. The van der Waals surface area contributed by atoms with Crippen molar-refractivity contribution >= 4 is 10.9 Å². The van der Waals surface area contributed by atoms with Gasteiger partial charge in [-0.15, -0.1) is 0 Å². The fourth-order valence-electron chi connectivity index (χ4n) is 2.14. The molecule has 0 spiro atoms. The van der Waals surface area contributed by atoms with Gasteiger partial charge < -0.3 is 15.1 Å². The van der Waals surface area contributed by atoms with Gasteiger partial charge in [-0.2, -0.15) is 0 Å². The molecule has 1 aromatic carbocycles. The van der Waals surface area contributed by atoms with Crippen molar-refractivity contribution in [3.8, 4) is 11.5 Å². The molecule has 4 nitrogen and oxygen atoms in total. The molecule has 4 heteroatoms. The van der Waals surface area contributed by atoms with Crippen molar-refractivity contribution < 1.29 is 4.42 Å². The van der Waals surface area contributed by atoms with Crippen LogP contribution in [-0.2, 0) is 6.54 Å². The first-order valence-electron chi connectivity index (χ1n) is 5.93. The van der Waals surface area contributed by atoms with Gasteiger partial charge in [0.15, 0.2) is 0 Å². The number of aromatic amines is 1. The third kappa shape index (κ3) is 1.62. The molecule has 0 amide bonds. The molecule has 3 rings (SSSR count). The van der Waals surface area contributed by atoms with Gasteiger partial charge in [-0.3, -0.25) is 0 Å². The second-order valence-corrected chi connectivity index (χ2v) is 4.48. The topological polar surface area (TPSA) is 67.8 Å². The Morgan fingerprint density at radius 3 is 2.89 bits per heavy atom. The molecule has 0 aliphatic carbocycles. The predicted octanol–water partition coefficient (Wildman–Crippen LogP) is 2.90. The van der Waals surface area contributed by atoms with Crippen LogP contribution in [0.2, 0.25) is 0 Å². The Hall–Kier alpha value is -2.07. The Balaban J connectivity index is 2.21. The van der Waals surface area contributed by atoms with Crippen LogP contribution in [0.25, 0.3) is 22.4 Å². The molecule has 0 radical (unpaired) electrons. The van der Waals surface area contributed by atoms with Crippen LogP contribution in [-0.4, -0.2) is 9.97 Å². The minimum Gasteiger partial charge on any atom is -0.439 e. The highest BCUT2D eigenvalue weighted by molar-refractivity contribution is 5.93. The molecule has 18 heavy (non-hydrogen) atoms. The third-order valence-corrected chi connectivity index (χ3v) is 3.15. The molecule has 92 valence electrons. The van der Waals surface area contributed by atoms with E-state index in [4.69, 9.17) is 10.2 Å². The van der Waals surface area contributed by atoms with Crippen molar-refractivity contribution in [2.45, 2.75) is 20.4 Å². The first-order chi connectivity index (χ1) is 8.69. The van der Waals surface area contributed by atoms with E-state index in [1.807, 2.05) is 13.1 Å². The zero-order chi connectivity index (χ0) is 12.7. The van der Waals surface area contributed by atoms with E-state index in [2.05, 4.69) is 35.1 Å². The number of nitrogens with one attached hydrogen (secondary N) is 1. The van der Waals surface area contributed by atoms with Gasteiger partial charge in [-0.25, -0.2) is 4.98 Å². The Bertz CT molecular complexity index is 709. The average Bonchev–Trinajstić information content (AvgIpc) is 2.91. The summed E-state index contributed by atoms with van der Waals surface area (Å²) in [4.78, 5) is 7.67. The van der Waals surface area contributed by atoms with E-state index in [9.17, 15) is 0 Å². The number of rotatable bonds is 2. The number of aryl methyl sites for hydroxylation is 2. The molecule has 2 aromatic heterocycles. The summed E-state index contributed by atoms with van der Waals surface area (Å²) in [5.41, 5.74) is 9.75. The van der Waals surface area contributed by atoms with Gasteiger partial charge in [0, 0.05) is 17.1 Å². The number of nitrogens with two attached hydrogens (primary N) is 1. The van der Waals surface area contributed by atoms with E-state index in [-0.39, 0.29) is 0 Å². The second-order valence-electron chi connectivity index (χ2n) is 4.48. The minimum atomic E-state index is 0.375. The van der Waals surface area contributed by atoms with E-state index in [0.717, 1.165) is 27.9 Å². The number of hydrogen-bond acceptors (Lipinski definition) is 3. The van der Waals surface area contributed by atoms with Gasteiger partial charge in [0.1, 0.15) is 5.76 Å². The fraction of sp³-hybridized carbons (Fsp3) is 0.214. The molecule has 3 aromatic rings. The lowest BCUT2D eigenvalue weighted by molar-refractivity contribution is 0.519. The Labute approximate surface area is 105 Å². The summed E-state index contributed by atoms with van der Waals surface area (Å²) in [5, 5.41) is 1.12. The van der Waals surface area contributed by atoms with Crippen molar-refractivity contribution in [1.82, 2.24) is 9.97 Å². The molecule has 0 aliphatic rings. The lowest BCUT2D eigenvalue weighted by Gasteiger charge is -1.95. The van der Waals surface area contributed by atoms with Crippen LogP contribution in [0.4, 0.5) is 0 Å². The van der Waals surface area contributed by atoms with E-state index < -0.39 is 0 Å². The average molecular weight is 241 g/mol. The van der Waals surface area contributed by atoms with Crippen LogP contribution in [0.1, 0.15) is 17.0 Å². The Kier molecular flexibility index (Phi) is 2.45. The zero-order valence-corrected chi connectivity index (χ0v) is 10.4. The maximum atomic E-state index is 5.70. The first-order valence-corrected chi connectivity index (χ1v) is 5.93. The van der Waals surface area contributed by atoms with Crippen LogP contribution in [0.3, 0.4) is 0 Å². The van der Waals surface area contributed by atoms with E-state index >= 15 is 0 Å². The smallest absolute Gasteiger partial charge is 0.228 e. The first kappa shape index (κ1) is 11.0. The maximum absolute atomic E-state index is 5.70. The van der Waals surface area contributed by atoms with Crippen molar-refractivity contribution in [2.75, 3.05) is 0 Å². The molecular weight excluding hydrogens is 226 g/mol. The Morgan fingerprint density at radius 2 is 2.17 bits per heavy atom. The summed E-state index contributed by atoms with van der Waals surface area (Å²) in [7, 11) is 0. The highest BCUT2D eigenvalue weighted by atomic mass is 16.4. The number of fused-ring (bicyclic) bond motifs is 1. The van der Waals surface area contributed by atoms with E-state index in [0.29, 0.717) is 12.4 Å². The van der Waals surface area contributed by atoms with Crippen LogP contribution in [0.5, 0.6) is 0 Å². The molecule has 0 aliphatic heterocycles. The minimum absolute atomic E-state index is 0.375. The van der Waals surface area contributed by atoms with Crippen LogP contribution >= 0.6 is 0 Å². The molecule has 0 saturated heterocycles. The lowest BCUT2D eigenvalue weighted by atomic mass is 10.1. The molecule has 0 fully saturated rings. The van der Waals surface area contributed by atoms with Crippen molar-refractivity contribution in [1.29, 1.82) is 0 Å². The van der Waals surface area contributed by atoms with Crippen molar-refractivity contribution in [3.63, 3.8) is 0 Å². The number of benzene rings is 1. The molecule has 0 atom stereocenters. The summed E-state index contributed by atoms with van der Waals surface area (Å²) < 4.78 is 5.70. The highest BCUT2D eigenvalue weighted by Gasteiger charge is 2.14. The summed E-state index contributed by atoms with van der Waals surface area (Å²) in [5.74, 6) is 1.37. The number of aromatic nitrogens is 2. The van der Waals surface area contributed by atoms with Crippen molar-refractivity contribution in [3.05, 3.63) is 41.4 Å². The van der Waals surface area contributed by atoms with Crippen LogP contribution in [0.15, 0.2) is 28.8 Å². The quantitative estimate of drug-likeness (QED) is 0.724. The van der Waals surface area contributed by atoms with Gasteiger partial charge in [-0.1, -0.05) is 11.6 Å². The summed E-state index contributed by atoms with van der Waals surface area (Å²) in [6, 6.07) is 6.27. The standard InChI is InChI=1S/C14H15N3O/c1-8-3-4-12-10(5-8)11(7-16-12)14-17-9(2)13(6-15)18-14/h3-5,7,16H,6,15H2,1-2H3. The predicted molar refractivity (Wildman–Crippen MR) is 71.2 cm³/mol. The number of H-pyrrole nitrogens is 1. The largest absolute Gasteiger partial charge is 0.439 e. The molecule has 0 saturated carbocycles. The number of oxazole rings is 1. The van der Waals surface area contributed by atoms with E-state index in [1.165, 1.54) is 5.56 Å². The lowest BCUT2D eigenvalue weighted by Crippen LogP contribution is -1.95. The summed E-state index contributed by atoms with van der Waals surface area (Å²) in [6.07, 6.45) is 1.93. The fourth-order valence-corrected chi connectivity index (χ4v) is 2.14. The zero-order valence-electron chi connectivity index (χ0n) is 10.4. The highest BCUT2D eigenvalue weighted by Crippen LogP contribution is 2.29. The summed E-state index contributed by atoms with van der Waals surface area (Å²) >= 11 is 0. The monoisotopic (exact) mass is 241 g/mol. The van der Waals surface area contributed by atoms with Gasteiger partial charge in [-0.05, 0) is 26.0 Å². The van der Waals surface area contributed by atoms with Gasteiger partial charge in [0.25, 0.3) is 0 Å². The SMILES string of the molecule is Cc1ccc2[nH]cc(-c3nc(C)c(CN)o3)c2c1. The normalized spacial score (nSPS) is 11.3. The van der Waals surface area contributed by atoms with Gasteiger partial charge >= 0.3 is 0 Å². The van der Waals surface area contributed by atoms with Crippen LogP contribution < -0.4 is 5.73 Å². The Morgan fingerprint density at radius 1 is 1.33 bits per heavy atom. The maximum Gasteiger partial charge on any atom is 0.228 e. The number of nitrogens with zero attached hydrogens (tertiary/aromatic N) is 1. The molecule has 0 bridgehead atoms. The number of hydrogen-bond donors (Lipinski definition) is 2. The van der Waals surface area contributed by atoms with Crippen molar-refractivity contribution in [2.24, 2.45) is 5.73 Å². The molecule has 2 heterocycles. The van der Waals surface area contributed by atoms with Gasteiger partial charge in [0.2, 0.25) is 5.89 Å². The summed E-state index contributed by atoms with van der Waals surface area (Å²) in [6.45, 7) is 4.36. The molecule has 0 unspecified atom stereocenters. The van der Waals surface area contributed by atoms with Crippen LogP contribution in [0, 0.1) is 13.8 Å². The third-order valence-electron chi connectivity index (χ3n) is 3.15. The molecular formula is C14H15N3O. The molecule has 3 N–H and O–H groups in total.